The lowest BCUT2D eigenvalue weighted by Gasteiger charge is -2.13. The molecule has 0 spiro atoms. The topological polar surface area (TPSA) is 96.1 Å². The fourth-order valence-corrected chi connectivity index (χ4v) is 1.35. The van der Waals surface area contributed by atoms with E-state index in [1.807, 2.05) is 0 Å². The van der Waals surface area contributed by atoms with Gasteiger partial charge in [0.1, 0.15) is 6.04 Å². The van der Waals surface area contributed by atoms with Crippen molar-refractivity contribution in [3.8, 4) is 0 Å². The number of carbonyl (C=O) groups is 2. The molecule has 2 amide bonds. The molecule has 1 atom stereocenters. The van der Waals surface area contributed by atoms with E-state index in [0.717, 1.165) is 0 Å². The second-order valence-corrected chi connectivity index (χ2v) is 3.89. The number of amides is 2. The Morgan fingerprint density at radius 2 is 2.28 bits per heavy atom. The van der Waals surface area contributed by atoms with Crippen molar-refractivity contribution in [2.45, 2.75) is 19.9 Å². The lowest BCUT2D eigenvalue weighted by molar-refractivity contribution is -0.122. The lowest BCUT2D eigenvalue weighted by atomic mass is 10.2. The van der Waals surface area contributed by atoms with Gasteiger partial charge in [0.25, 0.3) is 5.91 Å². The highest BCUT2D eigenvalue weighted by Gasteiger charge is 2.18. The molecule has 100 valence electrons. The first-order chi connectivity index (χ1) is 8.56. The molecule has 3 N–H and O–H groups in total. The summed E-state index contributed by atoms with van der Waals surface area (Å²) in [4.78, 5) is 23.4. The van der Waals surface area contributed by atoms with Crippen LogP contribution in [-0.4, -0.2) is 48.3 Å². The Hall–Kier alpha value is -1.89. The third-order valence-electron chi connectivity index (χ3n) is 2.42. The summed E-state index contributed by atoms with van der Waals surface area (Å²) >= 11 is 0. The highest BCUT2D eigenvalue weighted by Crippen LogP contribution is 2.02. The van der Waals surface area contributed by atoms with Gasteiger partial charge in [0.15, 0.2) is 0 Å². The van der Waals surface area contributed by atoms with Crippen molar-refractivity contribution in [3.05, 3.63) is 17.5 Å². The van der Waals surface area contributed by atoms with E-state index >= 15 is 0 Å². The molecule has 0 bridgehead atoms. The molecule has 1 unspecified atom stereocenters. The van der Waals surface area contributed by atoms with E-state index < -0.39 is 6.04 Å². The van der Waals surface area contributed by atoms with Crippen molar-refractivity contribution < 1.29 is 14.3 Å². The summed E-state index contributed by atoms with van der Waals surface area (Å²) in [6.45, 7) is 4.22. The maximum Gasteiger partial charge on any atom is 0.255 e. The minimum absolute atomic E-state index is 0.249. The van der Waals surface area contributed by atoms with E-state index in [1.165, 1.54) is 6.20 Å². The number of hydrogen-bond donors (Lipinski definition) is 3. The Bertz CT molecular complexity index is 416. The van der Waals surface area contributed by atoms with Gasteiger partial charge in [-0.05, 0) is 13.8 Å². The van der Waals surface area contributed by atoms with E-state index in [4.69, 9.17) is 4.74 Å². The Labute approximate surface area is 105 Å². The minimum Gasteiger partial charge on any atom is -0.383 e. The molecule has 0 aliphatic heterocycles. The van der Waals surface area contributed by atoms with Crippen LogP contribution in [0.2, 0.25) is 0 Å². The number of aryl methyl sites for hydroxylation is 1. The van der Waals surface area contributed by atoms with E-state index in [2.05, 4.69) is 20.8 Å². The molecule has 0 saturated heterocycles. The predicted molar refractivity (Wildman–Crippen MR) is 65.1 cm³/mol. The van der Waals surface area contributed by atoms with Crippen LogP contribution in [0.1, 0.15) is 23.0 Å². The van der Waals surface area contributed by atoms with Crippen LogP contribution in [0, 0.1) is 6.92 Å². The molecule has 0 aromatic carbocycles. The standard InChI is InChI=1S/C11H18N4O3/c1-7-9(6-13-15-7)11(17)14-8(2)10(16)12-4-5-18-3/h6,8H,4-5H2,1-3H3,(H,12,16)(H,13,15)(H,14,17). The Morgan fingerprint density at radius 3 is 2.83 bits per heavy atom. The summed E-state index contributed by atoms with van der Waals surface area (Å²) in [5.74, 6) is -0.572. The predicted octanol–water partition coefficient (Wildman–Crippen LogP) is -0.401. The third kappa shape index (κ3) is 3.85. The second kappa shape index (κ2) is 6.75. The largest absolute Gasteiger partial charge is 0.383 e. The van der Waals surface area contributed by atoms with Crippen LogP contribution >= 0.6 is 0 Å². The summed E-state index contributed by atoms with van der Waals surface area (Å²) in [5.41, 5.74) is 1.10. The number of rotatable bonds is 6. The van der Waals surface area contributed by atoms with E-state index in [9.17, 15) is 9.59 Å². The van der Waals surface area contributed by atoms with Crippen molar-refractivity contribution in [1.82, 2.24) is 20.8 Å². The zero-order valence-electron chi connectivity index (χ0n) is 10.7. The fourth-order valence-electron chi connectivity index (χ4n) is 1.35. The fraction of sp³-hybridized carbons (Fsp3) is 0.545. The quantitative estimate of drug-likeness (QED) is 0.602. The van der Waals surface area contributed by atoms with Crippen molar-refractivity contribution in [1.29, 1.82) is 0 Å². The van der Waals surface area contributed by atoms with E-state index in [0.29, 0.717) is 24.4 Å². The van der Waals surface area contributed by atoms with Crippen molar-refractivity contribution in [2.75, 3.05) is 20.3 Å². The highest BCUT2D eigenvalue weighted by atomic mass is 16.5. The van der Waals surface area contributed by atoms with Crippen molar-refractivity contribution >= 4 is 11.8 Å². The monoisotopic (exact) mass is 254 g/mol. The first kappa shape index (κ1) is 14.2. The number of ether oxygens (including phenoxy) is 1. The average molecular weight is 254 g/mol. The van der Waals surface area contributed by atoms with Gasteiger partial charge in [0.2, 0.25) is 5.91 Å². The minimum atomic E-state index is -0.608. The van der Waals surface area contributed by atoms with Gasteiger partial charge >= 0.3 is 0 Å². The molecule has 1 aromatic heterocycles. The normalized spacial score (nSPS) is 11.9. The number of aromatic nitrogens is 2. The number of hydrogen-bond acceptors (Lipinski definition) is 4. The smallest absolute Gasteiger partial charge is 0.255 e. The number of nitrogens with one attached hydrogen (secondary N) is 3. The van der Waals surface area contributed by atoms with Crippen LogP contribution < -0.4 is 10.6 Å². The van der Waals surface area contributed by atoms with Gasteiger partial charge in [0.05, 0.1) is 18.4 Å². The molecule has 0 aliphatic rings. The number of carbonyl (C=O) groups excluding carboxylic acids is 2. The molecule has 0 saturated carbocycles. The van der Waals surface area contributed by atoms with Crippen LogP contribution in [-0.2, 0) is 9.53 Å². The maximum absolute atomic E-state index is 11.8. The lowest BCUT2D eigenvalue weighted by Crippen LogP contribution is -2.45. The van der Waals surface area contributed by atoms with Gasteiger partial charge in [-0.15, -0.1) is 0 Å². The molecule has 0 radical (unpaired) electrons. The first-order valence-electron chi connectivity index (χ1n) is 5.63. The molecule has 1 heterocycles. The number of methoxy groups -OCH3 is 1. The molecule has 1 aromatic rings. The van der Waals surface area contributed by atoms with Crippen LogP contribution in [0.15, 0.2) is 6.20 Å². The van der Waals surface area contributed by atoms with Crippen LogP contribution in [0.3, 0.4) is 0 Å². The number of aromatic amines is 1. The molecule has 7 heteroatoms. The number of nitrogens with zero attached hydrogens (tertiary/aromatic N) is 1. The van der Waals surface area contributed by atoms with Gasteiger partial charge in [-0.1, -0.05) is 0 Å². The Kier molecular flexibility index (Phi) is 5.31. The van der Waals surface area contributed by atoms with Crippen molar-refractivity contribution in [3.63, 3.8) is 0 Å². The molecule has 0 aliphatic carbocycles. The maximum atomic E-state index is 11.8. The summed E-state index contributed by atoms with van der Waals surface area (Å²) in [7, 11) is 1.55. The molecule has 18 heavy (non-hydrogen) atoms. The zero-order valence-corrected chi connectivity index (χ0v) is 10.7. The van der Waals surface area contributed by atoms with E-state index in [-0.39, 0.29) is 11.8 Å². The first-order valence-corrected chi connectivity index (χ1v) is 5.63. The second-order valence-electron chi connectivity index (χ2n) is 3.89. The zero-order chi connectivity index (χ0) is 13.5. The number of H-pyrrole nitrogens is 1. The molecular formula is C11H18N4O3. The summed E-state index contributed by atoms with van der Waals surface area (Å²) < 4.78 is 4.81. The molecular weight excluding hydrogens is 236 g/mol. The molecule has 1 rings (SSSR count). The molecule has 0 fully saturated rings. The molecule has 7 nitrogen and oxygen atoms in total. The average Bonchev–Trinajstić information content (AvgIpc) is 2.75. The Morgan fingerprint density at radius 1 is 1.56 bits per heavy atom. The highest BCUT2D eigenvalue weighted by molar-refractivity contribution is 5.97. The van der Waals surface area contributed by atoms with E-state index in [1.54, 1.807) is 21.0 Å². The Balaban J connectivity index is 2.44. The van der Waals surface area contributed by atoms with Gasteiger partial charge in [-0.25, -0.2) is 0 Å². The van der Waals surface area contributed by atoms with Gasteiger partial charge < -0.3 is 15.4 Å². The van der Waals surface area contributed by atoms with Gasteiger partial charge in [0, 0.05) is 19.3 Å². The van der Waals surface area contributed by atoms with Crippen molar-refractivity contribution in [2.24, 2.45) is 0 Å². The van der Waals surface area contributed by atoms with Crippen LogP contribution in [0.5, 0.6) is 0 Å². The SMILES string of the molecule is COCCNC(=O)C(C)NC(=O)c1cn[nH]c1C. The third-order valence-corrected chi connectivity index (χ3v) is 2.42. The van der Waals surface area contributed by atoms with Gasteiger partial charge in [-0.2, -0.15) is 5.10 Å². The summed E-state index contributed by atoms with van der Waals surface area (Å²) in [6, 6.07) is -0.608. The van der Waals surface area contributed by atoms with Crippen LogP contribution in [0.4, 0.5) is 0 Å². The van der Waals surface area contributed by atoms with Crippen LogP contribution in [0.25, 0.3) is 0 Å². The summed E-state index contributed by atoms with van der Waals surface area (Å²) in [6.07, 6.45) is 1.43. The summed E-state index contributed by atoms with van der Waals surface area (Å²) in [5, 5.41) is 11.7. The van der Waals surface area contributed by atoms with Gasteiger partial charge in [-0.3, -0.25) is 14.7 Å².